The van der Waals surface area contributed by atoms with Crippen molar-refractivity contribution >= 4 is 23.2 Å². The molecule has 31 heavy (non-hydrogen) atoms. The number of aromatic amines is 1. The van der Waals surface area contributed by atoms with Gasteiger partial charge in [0.05, 0.1) is 7.11 Å². The number of aromatic nitrogens is 4. The predicted octanol–water partition coefficient (Wildman–Crippen LogP) is 6.37. The number of nitrogens with zero attached hydrogens (tertiary/aromatic N) is 3. The molecular weight excluding hydrogens is 435 g/mol. The second kappa shape index (κ2) is 9.81. The first-order valence-electron chi connectivity index (χ1n) is 9.13. The highest BCUT2D eigenvalue weighted by molar-refractivity contribution is 6.32. The summed E-state index contributed by atoms with van der Waals surface area (Å²) in [5, 5.41) is 0.813. The lowest BCUT2D eigenvalue weighted by atomic mass is 10.1. The Labute approximate surface area is 191 Å². The van der Waals surface area contributed by atoms with Crippen molar-refractivity contribution in [3.63, 3.8) is 0 Å². The van der Waals surface area contributed by atoms with E-state index in [1.165, 1.54) is 0 Å². The molecule has 4 rings (SSSR count). The van der Waals surface area contributed by atoms with Crippen LogP contribution in [0, 0.1) is 6.92 Å². The van der Waals surface area contributed by atoms with E-state index in [2.05, 4.69) is 19.9 Å². The first-order valence-corrected chi connectivity index (χ1v) is 9.89. The first-order chi connectivity index (χ1) is 14.5. The molecule has 3 heterocycles. The Kier molecular flexibility index (Phi) is 7.15. The molecule has 6 nitrogen and oxygen atoms in total. The summed E-state index contributed by atoms with van der Waals surface area (Å²) in [6.07, 6.45) is 3.44. The smallest absolute Gasteiger partial charge is 0.140 e. The van der Waals surface area contributed by atoms with Crippen LogP contribution in [0.15, 0.2) is 54.9 Å². The van der Waals surface area contributed by atoms with Crippen LogP contribution in [-0.2, 0) is 6.61 Å². The van der Waals surface area contributed by atoms with E-state index in [0.29, 0.717) is 39.9 Å². The summed E-state index contributed by atoms with van der Waals surface area (Å²) in [7, 11) is 1.59. The number of hydrogen-bond acceptors (Lipinski definition) is 5. The average molecular weight is 457 g/mol. The number of aryl methyl sites for hydroxylation is 1. The lowest BCUT2D eigenvalue weighted by Crippen LogP contribution is -1.97. The van der Waals surface area contributed by atoms with Crippen LogP contribution in [-0.4, -0.2) is 27.0 Å². The van der Waals surface area contributed by atoms with Gasteiger partial charge in [0.1, 0.15) is 39.9 Å². The van der Waals surface area contributed by atoms with Crippen LogP contribution in [0.4, 0.5) is 0 Å². The van der Waals surface area contributed by atoms with Crippen LogP contribution in [0.5, 0.6) is 11.5 Å². The molecule has 0 atom stereocenters. The number of halogens is 2. The maximum atomic E-state index is 6.43. The Morgan fingerprint density at radius 1 is 1.00 bits per heavy atom. The quantitative estimate of drug-likeness (QED) is 0.341. The molecule has 0 radical (unpaired) electrons. The third kappa shape index (κ3) is 5.16. The fraction of sp³-hybridized carbons (Fsp3) is 0.174. The van der Waals surface area contributed by atoms with Gasteiger partial charge >= 0.3 is 0 Å². The summed E-state index contributed by atoms with van der Waals surface area (Å²) in [4.78, 5) is 16.1. The molecule has 8 heteroatoms. The van der Waals surface area contributed by atoms with Crippen LogP contribution < -0.4 is 9.47 Å². The van der Waals surface area contributed by atoms with Gasteiger partial charge in [-0.25, -0.2) is 9.97 Å². The SMILES string of the molecule is C.COc1cc(OCc2ccc(C)nc2)ccc1-c1nc(-c2ccc(Cl)nc2)[nH]c1Cl. The number of rotatable bonds is 6. The third-order valence-electron chi connectivity index (χ3n) is 4.47. The Balaban J connectivity index is 0.00000272. The van der Waals surface area contributed by atoms with Crippen LogP contribution in [0.1, 0.15) is 18.7 Å². The van der Waals surface area contributed by atoms with Crippen molar-refractivity contribution in [3.05, 3.63) is 76.4 Å². The molecule has 4 aromatic rings. The van der Waals surface area contributed by atoms with Gasteiger partial charge in [0.25, 0.3) is 0 Å². The maximum absolute atomic E-state index is 6.43. The first kappa shape index (κ1) is 22.6. The Morgan fingerprint density at radius 2 is 1.84 bits per heavy atom. The summed E-state index contributed by atoms with van der Waals surface area (Å²) >= 11 is 12.3. The molecule has 0 saturated heterocycles. The fourth-order valence-corrected chi connectivity index (χ4v) is 3.24. The summed E-state index contributed by atoms with van der Waals surface area (Å²) in [6.45, 7) is 2.36. The Hall–Kier alpha value is -3.09. The number of methoxy groups -OCH3 is 1. The fourth-order valence-electron chi connectivity index (χ4n) is 2.89. The number of nitrogens with one attached hydrogen (secondary N) is 1. The Morgan fingerprint density at radius 3 is 2.52 bits per heavy atom. The van der Waals surface area contributed by atoms with Gasteiger partial charge in [0, 0.05) is 40.8 Å². The van der Waals surface area contributed by atoms with Crippen LogP contribution in [0.2, 0.25) is 10.3 Å². The van der Waals surface area contributed by atoms with Crippen molar-refractivity contribution in [1.82, 2.24) is 19.9 Å². The van der Waals surface area contributed by atoms with Gasteiger partial charge in [-0.05, 0) is 37.3 Å². The summed E-state index contributed by atoms with van der Waals surface area (Å²) in [5.74, 6) is 1.86. The van der Waals surface area contributed by atoms with Crippen molar-refractivity contribution < 1.29 is 9.47 Å². The largest absolute Gasteiger partial charge is 0.496 e. The Bertz CT molecular complexity index is 1160. The zero-order valence-corrected chi connectivity index (χ0v) is 17.8. The molecule has 0 spiro atoms. The highest BCUT2D eigenvalue weighted by Gasteiger charge is 2.17. The minimum Gasteiger partial charge on any atom is -0.496 e. The molecule has 0 aliphatic heterocycles. The van der Waals surface area contributed by atoms with E-state index < -0.39 is 0 Å². The monoisotopic (exact) mass is 456 g/mol. The van der Waals surface area contributed by atoms with Gasteiger partial charge < -0.3 is 14.5 Å². The van der Waals surface area contributed by atoms with Gasteiger partial charge in [0.15, 0.2) is 0 Å². The molecule has 0 bridgehead atoms. The zero-order chi connectivity index (χ0) is 21.1. The van der Waals surface area contributed by atoms with Crippen molar-refractivity contribution in [2.24, 2.45) is 0 Å². The van der Waals surface area contributed by atoms with Gasteiger partial charge in [-0.15, -0.1) is 0 Å². The molecule has 0 fully saturated rings. The van der Waals surface area contributed by atoms with Crippen LogP contribution in [0.3, 0.4) is 0 Å². The van der Waals surface area contributed by atoms with Crippen LogP contribution >= 0.6 is 23.2 Å². The standard InChI is InChI=1S/C22H18Cl2N4O2.CH4/c1-13-3-4-14(10-25-13)12-30-16-6-7-17(18(9-16)29-2)20-21(24)28-22(27-20)15-5-8-19(23)26-11-15;/h3-11H,12H2,1-2H3,(H,27,28);1H4. The van der Waals surface area contributed by atoms with Gasteiger partial charge in [-0.2, -0.15) is 0 Å². The third-order valence-corrected chi connectivity index (χ3v) is 4.96. The van der Waals surface area contributed by atoms with Gasteiger partial charge in [-0.1, -0.05) is 36.7 Å². The number of imidazole rings is 1. The van der Waals surface area contributed by atoms with Crippen LogP contribution in [0.25, 0.3) is 22.6 Å². The lowest BCUT2D eigenvalue weighted by Gasteiger charge is -2.11. The molecule has 3 aromatic heterocycles. The van der Waals surface area contributed by atoms with Gasteiger partial charge in [0.2, 0.25) is 0 Å². The molecular formula is C23H22Cl2N4O2. The minimum atomic E-state index is 0. The van der Waals surface area contributed by atoms with Crippen molar-refractivity contribution in [1.29, 1.82) is 0 Å². The van der Waals surface area contributed by atoms with E-state index in [9.17, 15) is 0 Å². The molecule has 0 saturated carbocycles. The molecule has 0 amide bonds. The lowest BCUT2D eigenvalue weighted by molar-refractivity contribution is 0.303. The molecule has 0 aliphatic carbocycles. The number of pyridine rings is 2. The summed E-state index contributed by atoms with van der Waals surface area (Å²) in [6, 6.07) is 13.0. The minimum absolute atomic E-state index is 0. The average Bonchev–Trinajstić information content (AvgIpc) is 3.15. The number of benzene rings is 1. The van der Waals surface area contributed by atoms with E-state index in [1.807, 2.05) is 43.3 Å². The highest BCUT2D eigenvalue weighted by Crippen LogP contribution is 2.37. The maximum Gasteiger partial charge on any atom is 0.140 e. The van der Waals surface area contributed by atoms with Crippen molar-refractivity contribution in [3.8, 4) is 34.1 Å². The number of hydrogen-bond donors (Lipinski definition) is 1. The predicted molar refractivity (Wildman–Crippen MR) is 124 cm³/mol. The van der Waals surface area contributed by atoms with Crippen molar-refractivity contribution in [2.75, 3.05) is 7.11 Å². The second-order valence-corrected chi connectivity index (χ2v) is 7.34. The molecule has 0 aliphatic rings. The summed E-state index contributed by atoms with van der Waals surface area (Å²) < 4.78 is 11.4. The van der Waals surface area contributed by atoms with Crippen molar-refractivity contribution in [2.45, 2.75) is 21.0 Å². The van der Waals surface area contributed by atoms with E-state index in [4.69, 9.17) is 32.7 Å². The van der Waals surface area contributed by atoms with E-state index in [0.717, 1.165) is 22.4 Å². The highest BCUT2D eigenvalue weighted by atomic mass is 35.5. The van der Waals surface area contributed by atoms with E-state index >= 15 is 0 Å². The molecule has 1 aromatic carbocycles. The molecule has 1 N–H and O–H groups in total. The molecule has 0 unspecified atom stereocenters. The zero-order valence-electron chi connectivity index (χ0n) is 16.3. The summed E-state index contributed by atoms with van der Waals surface area (Å²) in [5.41, 5.74) is 4.05. The second-order valence-electron chi connectivity index (χ2n) is 6.58. The van der Waals surface area contributed by atoms with E-state index in [-0.39, 0.29) is 7.43 Å². The number of H-pyrrole nitrogens is 1. The topological polar surface area (TPSA) is 72.9 Å². The molecule has 160 valence electrons. The normalized spacial score (nSPS) is 10.5. The van der Waals surface area contributed by atoms with E-state index in [1.54, 1.807) is 25.6 Å². The van der Waals surface area contributed by atoms with Gasteiger partial charge in [-0.3, -0.25) is 4.98 Å². The number of ether oxygens (including phenoxy) is 2.